The zero-order chi connectivity index (χ0) is 36.9. The van der Waals surface area contributed by atoms with E-state index in [1.807, 2.05) is 0 Å². The second-order valence-electron chi connectivity index (χ2n) is 22.3. The standard InChI is InChI=1S/C47H84NO3.CH4.ClH/c1-11-12-13-14-15-16-17-18-19-20-21-22-33-48(9,10)34-39(49)50-38-26-27-44(6)36(43(38,4)5)25-28-46(8)37(44)24-23-35-40-41-42(2,3)29-31-47(40,51-41)32-30-45(35,46)7;;/h35-38,40-41H,11-34H2,1-10H3;1H4;1H/q+1;;/p-1/t35-,36+,37-,38+,40+,41-,44+,45-,46-,47+;;/m1../s1. The summed E-state index contributed by atoms with van der Waals surface area (Å²) in [7, 11) is 4.47. The van der Waals surface area contributed by atoms with Crippen LogP contribution in [0.4, 0.5) is 0 Å². The molecule has 4 nitrogen and oxygen atoms in total. The van der Waals surface area contributed by atoms with Crippen LogP contribution in [0.5, 0.6) is 0 Å². The van der Waals surface area contributed by atoms with Crippen LogP contribution in [0.3, 0.4) is 0 Å². The Hall–Kier alpha value is -0.320. The molecule has 4 saturated carbocycles. The second kappa shape index (κ2) is 16.9. The fraction of sp³-hybridized carbons (Fsp3) is 0.979. The Morgan fingerprint density at radius 3 is 1.87 bits per heavy atom. The lowest BCUT2D eigenvalue weighted by Crippen LogP contribution is -3.00. The number of carbonyl (C=O) groups excluding carboxylic acids is 1. The topological polar surface area (TPSA) is 35.5 Å². The van der Waals surface area contributed by atoms with E-state index in [1.54, 1.807) is 0 Å². The van der Waals surface area contributed by atoms with Gasteiger partial charge in [0.15, 0.2) is 6.54 Å². The number of nitrogens with zero attached hydrogens (tertiary/aromatic N) is 1. The number of ether oxygens (including phenoxy) is 2. The Bertz CT molecular complexity index is 1210. The van der Waals surface area contributed by atoms with Crippen molar-refractivity contribution in [3.63, 3.8) is 0 Å². The number of carbonyl (C=O) groups is 1. The monoisotopic (exact) mass is 762 g/mol. The van der Waals surface area contributed by atoms with Crippen molar-refractivity contribution in [1.29, 1.82) is 0 Å². The average Bonchev–Trinajstić information content (AvgIpc) is 3.03. The Kier molecular flexibility index (Phi) is 14.5. The van der Waals surface area contributed by atoms with Crippen LogP contribution in [0, 0.1) is 50.7 Å². The minimum Gasteiger partial charge on any atom is -1.00 e. The molecule has 4 aliphatic carbocycles. The lowest BCUT2D eigenvalue weighted by atomic mass is 9.31. The number of fused-ring (bicyclic) bond motifs is 8. The lowest BCUT2D eigenvalue weighted by Gasteiger charge is -2.77. The van der Waals surface area contributed by atoms with Crippen LogP contribution in [0.2, 0.25) is 0 Å². The third-order valence-corrected chi connectivity index (χ3v) is 18.1. The highest BCUT2D eigenvalue weighted by Gasteiger charge is 2.75. The molecule has 0 aromatic carbocycles. The highest BCUT2D eigenvalue weighted by molar-refractivity contribution is 5.70. The van der Waals surface area contributed by atoms with E-state index in [9.17, 15) is 4.79 Å². The summed E-state index contributed by atoms with van der Waals surface area (Å²) in [6.45, 7) is 21.9. The molecule has 0 aromatic rings. The predicted molar refractivity (Wildman–Crippen MR) is 219 cm³/mol. The third kappa shape index (κ3) is 8.21. The van der Waals surface area contributed by atoms with E-state index in [0.717, 1.165) is 35.2 Å². The quantitative estimate of drug-likeness (QED) is 0.0893. The van der Waals surface area contributed by atoms with E-state index in [1.165, 1.54) is 135 Å². The Balaban J connectivity index is 0.00000314. The number of hydrogen-bond acceptors (Lipinski definition) is 3. The van der Waals surface area contributed by atoms with Crippen molar-refractivity contribution in [3.8, 4) is 0 Å². The molecule has 6 fully saturated rings. The molecule has 2 heterocycles. The molecular formula is C48H88ClNO3. The molecule has 0 unspecified atom stereocenters. The van der Waals surface area contributed by atoms with Gasteiger partial charge in [0.1, 0.15) is 6.10 Å². The van der Waals surface area contributed by atoms with Gasteiger partial charge in [-0.2, -0.15) is 0 Å². The van der Waals surface area contributed by atoms with Crippen LogP contribution < -0.4 is 12.4 Å². The molecule has 310 valence electrons. The van der Waals surface area contributed by atoms with E-state index in [2.05, 4.69) is 69.5 Å². The molecule has 2 saturated heterocycles. The van der Waals surface area contributed by atoms with Gasteiger partial charge in [-0.15, -0.1) is 0 Å². The highest BCUT2D eigenvalue weighted by Crippen LogP contribution is 2.78. The van der Waals surface area contributed by atoms with Crippen LogP contribution in [0.25, 0.3) is 0 Å². The van der Waals surface area contributed by atoms with Crippen molar-refractivity contribution in [2.75, 3.05) is 27.2 Å². The average molecular weight is 763 g/mol. The van der Waals surface area contributed by atoms with Gasteiger partial charge in [0.05, 0.1) is 32.3 Å². The Morgan fingerprint density at radius 2 is 1.26 bits per heavy atom. The van der Waals surface area contributed by atoms with E-state index < -0.39 is 0 Å². The largest absolute Gasteiger partial charge is 1.00 e. The minimum atomic E-state index is 0. The summed E-state index contributed by atoms with van der Waals surface area (Å²) in [4.78, 5) is 13.6. The minimum absolute atomic E-state index is 0. The summed E-state index contributed by atoms with van der Waals surface area (Å²) < 4.78 is 14.2. The molecule has 1 spiro atoms. The first-order valence-corrected chi connectivity index (χ1v) is 22.7. The van der Waals surface area contributed by atoms with Crippen molar-refractivity contribution in [1.82, 2.24) is 0 Å². The fourth-order valence-corrected chi connectivity index (χ4v) is 14.8. The number of likely N-dealkylation sites (N-methyl/N-ethyl adjacent to an activating group) is 1. The van der Waals surface area contributed by atoms with Gasteiger partial charge in [-0.25, -0.2) is 4.79 Å². The smallest absolute Gasteiger partial charge is 0.362 e. The summed E-state index contributed by atoms with van der Waals surface area (Å²) in [5.41, 5.74) is 1.64. The highest BCUT2D eigenvalue weighted by atomic mass is 35.5. The van der Waals surface area contributed by atoms with Crippen LogP contribution in [0.1, 0.15) is 204 Å². The summed E-state index contributed by atoms with van der Waals surface area (Å²) >= 11 is 0. The Labute approximate surface area is 335 Å². The first kappa shape index (κ1) is 45.4. The van der Waals surface area contributed by atoms with Crippen molar-refractivity contribution in [2.45, 2.75) is 222 Å². The Morgan fingerprint density at radius 1 is 0.679 bits per heavy atom. The van der Waals surface area contributed by atoms with Crippen LogP contribution in [-0.2, 0) is 14.3 Å². The first-order valence-electron chi connectivity index (χ1n) is 22.7. The maximum absolute atomic E-state index is 13.6. The molecule has 6 rings (SSSR count). The molecule has 2 bridgehead atoms. The van der Waals surface area contributed by atoms with Gasteiger partial charge < -0.3 is 26.4 Å². The van der Waals surface area contributed by atoms with Crippen LogP contribution in [0.15, 0.2) is 0 Å². The third-order valence-electron chi connectivity index (χ3n) is 18.1. The van der Waals surface area contributed by atoms with E-state index >= 15 is 0 Å². The number of halogens is 1. The van der Waals surface area contributed by atoms with Gasteiger partial charge >= 0.3 is 5.97 Å². The number of esters is 1. The second-order valence-corrected chi connectivity index (χ2v) is 22.3. The normalized spacial score (nSPS) is 40.5. The number of rotatable bonds is 16. The fourth-order valence-electron chi connectivity index (χ4n) is 14.8. The van der Waals surface area contributed by atoms with Crippen LogP contribution >= 0.6 is 0 Å². The van der Waals surface area contributed by atoms with E-state index in [4.69, 9.17) is 9.47 Å². The number of quaternary nitrogens is 1. The molecule has 0 N–H and O–H groups in total. The van der Waals surface area contributed by atoms with Gasteiger partial charge in [0.2, 0.25) is 0 Å². The van der Waals surface area contributed by atoms with E-state index in [0.29, 0.717) is 40.2 Å². The van der Waals surface area contributed by atoms with Crippen molar-refractivity contribution in [3.05, 3.63) is 0 Å². The zero-order valence-corrected chi connectivity index (χ0v) is 36.7. The van der Waals surface area contributed by atoms with Gasteiger partial charge in [-0.1, -0.05) is 127 Å². The molecule has 5 heteroatoms. The number of unbranched alkanes of at least 4 members (excludes halogenated alkanes) is 11. The van der Waals surface area contributed by atoms with Crippen molar-refractivity contribution >= 4 is 5.97 Å². The van der Waals surface area contributed by atoms with E-state index in [-0.39, 0.29) is 42.9 Å². The molecular weight excluding hydrogens is 674 g/mol. The maximum atomic E-state index is 13.6. The molecule has 0 radical (unpaired) electrons. The number of hydrogen-bond donors (Lipinski definition) is 0. The van der Waals surface area contributed by atoms with Crippen molar-refractivity contribution in [2.24, 2.45) is 50.7 Å². The van der Waals surface area contributed by atoms with Crippen molar-refractivity contribution < 1.29 is 31.2 Å². The van der Waals surface area contributed by atoms with Gasteiger partial charge in [0.25, 0.3) is 0 Å². The summed E-state index contributed by atoms with van der Waals surface area (Å²) in [6, 6.07) is 0. The summed E-state index contributed by atoms with van der Waals surface area (Å²) in [6.07, 6.45) is 29.9. The zero-order valence-electron chi connectivity index (χ0n) is 36.0. The lowest BCUT2D eigenvalue weighted by molar-refractivity contribution is -0.883. The molecule has 10 atom stereocenters. The molecule has 53 heavy (non-hydrogen) atoms. The molecule has 0 aromatic heterocycles. The predicted octanol–water partition coefficient (Wildman–Crippen LogP) is 9.96. The summed E-state index contributed by atoms with van der Waals surface area (Å²) in [5.74, 6) is 2.99. The SMILES string of the molecule is C.CCCCCCCCCCCCCC[N+](C)(C)CC(=O)O[C@H]1CC[C@]2(C)[C@H]3CC[C@@H]4[C@H]5[C@H]6O[C@@]5(CCC6(C)C)CC[C@@]4(C)[C@]3(C)CC[C@H]2C1(C)C.[Cl-]. The molecule has 6 aliphatic rings. The molecule has 2 aliphatic heterocycles. The maximum Gasteiger partial charge on any atom is 0.362 e. The first-order chi connectivity index (χ1) is 24.0. The van der Waals surface area contributed by atoms with Crippen LogP contribution in [-0.4, -0.2) is 55.4 Å². The molecule has 0 amide bonds. The summed E-state index contributed by atoms with van der Waals surface area (Å²) in [5, 5.41) is 0. The van der Waals surface area contributed by atoms with Gasteiger partial charge in [-0.3, -0.25) is 0 Å². The van der Waals surface area contributed by atoms with Gasteiger partial charge in [0, 0.05) is 11.3 Å². The van der Waals surface area contributed by atoms with Gasteiger partial charge in [-0.05, 0) is 116 Å².